The Labute approximate surface area is 205 Å². The second kappa shape index (κ2) is 9.32. The molecule has 0 aromatic rings. The molecule has 0 aromatic heterocycles. The van der Waals surface area contributed by atoms with Crippen molar-refractivity contribution < 1.29 is 25.2 Å². The van der Waals surface area contributed by atoms with Gasteiger partial charge in [0.05, 0.1) is 24.4 Å². The summed E-state index contributed by atoms with van der Waals surface area (Å²) in [5.74, 6) is 1.61. The van der Waals surface area contributed by atoms with Gasteiger partial charge in [-0.3, -0.25) is 4.79 Å². The Kier molecular flexibility index (Phi) is 7.23. The number of carbonyl (C=O) groups excluding carboxylic acids is 1. The average molecular weight is 480 g/mol. The molecule has 0 unspecified atom stereocenters. The van der Waals surface area contributed by atoms with Crippen molar-refractivity contribution in [1.29, 1.82) is 0 Å². The molecule has 3 saturated carbocycles. The van der Waals surface area contributed by atoms with E-state index in [9.17, 15) is 25.2 Å². The van der Waals surface area contributed by atoms with Crippen LogP contribution >= 0.6 is 0 Å². The van der Waals surface area contributed by atoms with Gasteiger partial charge in [-0.25, -0.2) is 0 Å². The van der Waals surface area contributed by atoms with Gasteiger partial charge in [-0.05, 0) is 90.8 Å². The molecule has 0 radical (unpaired) electrons. The number of rotatable bonds is 5. The predicted octanol–water partition coefficient (Wildman–Crippen LogP) is 2.96. The zero-order valence-electron chi connectivity index (χ0n) is 22.1. The summed E-state index contributed by atoms with van der Waals surface area (Å²) >= 11 is 0. The van der Waals surface area contributed by atoms with Crippen LogP contribution in [-0.2, 0) is 4.79 Å². The smallest absolute Gasteiger partial charge is 0.223 e. The normalized spacial score (nSPS) is 48.1. The molecule has 13 atom stereocenters. The molecular weight excluding hydrogens is 430 g/mol. The minimum absolute atomic E-state index is 0.0121. The van der Waals surface area contributed by atoms with Crippen molar-refractivity contribution in [1.82, 2.24) is 5.32 Å². The first-order chi connectivity index (χ1) is 15.8. The van der Waals surface area contributed by atoms with E-state index >= 15 is 0 Å². The zero-order valence-corrected chi connectivity index (χ0v) is 22.1. The van der Waals surface area contributed by atoms with Gasteiger partial charge in [0, 0.05) is 12.5 Å². The van der Waals surface area contributed by atoms with E-state index in [-0.39, 0.29) is 34.5 Å². The summed E-state index contributed by atoms with van der Waals surface area (Å²) in [4.78, 5) is 13.1. The maximum absolute atomic E-state index is 13.1. The van der Waals surface area contributed by atoms with Gasteiger partial charge in [-0.2, -0.15) is 0 Å². The van der Waals surface area contributed by atoms with Crippen molar-refractivity contribution in [2.24, 2.45) is 58.2 Å². The Morgan fingerprint density at radius 3 is 2.21 bits per heavy atom. The molecule has 6 heteroatoms. The van der Waals surface area contributed by atoms with Crippen molar-refractivity contribution in [3.05, 3.63) is 0 Å². The van der Waals surface area contributed by atoms with Crippen LogP contribution in [0.3, 0.4) is 0 Å². The van der Waals surface area contributed by atoms with Crippen LogP contribution in [0.15, 0.2) is 0 Å². The largest absolute Gasteiger partial charge is 0.390 e. The van der Waals surface area contributed by atoms with E-state index in [0.29, 0.717) is 49.0 Å². The van der Waals surface area contributed by atoms with Gasteiger partial charge in [-0.15, -0.1) is 0 Å². The van der Waals surface area contributed by atoms with Gasteiger partial charge in [0.15, 0.2) is 0 Å². The molecule has 4 aliphatic rings. The first kappa shape index (κ1) is 26.4. The van der Waals surface area contributed by atoms with Crippen LogP contribution < -0.4 is 5.32 Å². The van der Waals surface area contributed by atoms with Gasteiger partial charge in [0.25, 0.3) is 0 Å². The second-order valence-corrected chi connectivity index (χ2v) is 13.4. The molecule has 4 fully saturated rings. The van der Waals surface area contributed by atoms with Crippen LogP contribution in [0.5, 0.6) is 0 Å². The van der Waals surface area contributed by atoms with E-state index in [2.05, 4.69) is 39.9 Å². The van der Waals surface area contributed by atoms with Crippen LogP contribution in [-0.4, -0.2) is 57.3 Å². The molecule has 1 heterocycles. The lowest BCUT2D eigenvalue weighted by molar-refractivity contribution is -0.150. The minimum atomic E-state index is -0.827. The number of hydrogen-bond donors (Lipinski definition) is 5. The van der Waals surface area contributed by atoms with Crippen LogP contribution in [0.25, 0.3) is 0 Å². The fourth-order valence-electron chi connectivity index (χ4n) is 9.10. The molecule has 0 aromatic carbocycles. The van der Waals surface area contributed by atoms with Crippen molar-refractivity contribution in [2.45, 2.75) is 104 Å². The lowest BCUT2D eigenvalue weighted by Crippen LogP contribution is -2.55. The first-order valence-corrected chi connectivity index (χ1v) is 13.8. The van der Waals surface area contributed by atoms with E-state index in [0.717, 1.165) is 25.7 Å². The molecule has 0 spiro atoms. The van der Waals surface area contributed by atoms with E-state index in [1.54, 1.807) is 0 Å². The van der Waals surface area contributed by atoms with Gasteiger partial charge in [0.2, 0.25) is 5.91 Å². The maximum Gasteiger partial charge on any atom is 0.223 e. The Morgan fingerprint density at radius 1 is 0.912 bits per heavy atom. The molecule has 0 bridgehead atoms. The molecular formula is C28H49NO5. The number of carbonyl (C=O) groups is 1. The van der Waals surface area contributed by atoms with E-state index in [4.69, 9.17) is 0 Å². The summed E-state index contributed by atoms with van der Waals surface area (Å²) in [6, 6.07) is 0. The topological polar surface area (TPSA) is 110 Å². The zero-order chi connectivity index (χ0) is 25.2. The number of nitrogens with one attached hydrogen (secondary N) is 1. The minimum Gasteiger partial charge on any atom is -0.390 e. The number of amides is 1. The lowest BCUT2D eigenvalue weighted by Gasteiger charge is -2.56. The van der Waals surface area contributed by atoms with Gasteiger partial charge in [-0.1, -0.05) is 41.5 Å². The molecule has 1 amide bonds. The van der Waals surface area contributed by atoms with Gasteiger partial charge in [0.1, 0.15) is 0 Å². The number of fused-ring (bicyclic) bond motifs is 5. The van der Waals surface area contributed by atoms with E-state index < -0.39 is 24.4 Å². The fourth-order valence-corrected chi connectivity index (χ4v) is 9.10. The Balaban J connectivity index is 1.58. The standard InChI is InChI=1S/C28H49NO5/c1-14(2)15(3)24(32)25(33)16(4)18-7-8-19-17-13-29-26(34)21-11-22(30)23(31)12-28(21,6)20(17)9-10-27(18,19)5/h14-25,30-33H,7-13H2,1-6H3,(H,29,34)/t15-,16-,17-,18+,19-,20-,21+,22-,23+,24+,25+,27+,28+/m0/s1. The van der Waals surface area contributed by atoms with Crippen LogP contribution in [0.4, 0.5) is 0 Å². The summed E-state index contributed by atoms with van der Waals surface area (Å²) in [5, 5.41) is 46.2. The van der Waals surface area contributed by atoms with Crippen molar-refractivity contribution in [3.8, 4) is 0 Å². The third-order valence-electron chi connectivity index (χ3n) is 11.7. The molecule has 196 valence electrons. The predicted molar refractivity (Wildman–Crippen MR) is 132 cm³/mol. The number of hydrogen-bond acceptors (Lipinski definition) is 5. The lowest BCUT2D eigenvalue weighted by atomic mass is 9.48. The maximum atomic E-state index is 13.1. The number of aliphatic hydroxyl groups excluding tert-OH is 4. The fraction of sp³-hybridized carbons (Fsp3) is 0.964. The molecule has 34 heavy (non-hydrogen) atoms. The highest BCUT2D eigenvalue weighted by molar-refractivity contribution is 5.80. The highest BCUT2D eigenvalue weighted by atomic mass is 16.3. The Hall–Kier alpha value is -0.690. The third kappa shape index (κ3) is 4.05. The quantitative estimate of drug-likeness (QED) is 0.416. The summed E-state index contributed by atoms with van der Waals surface area (Å²) in [6.07, 6.45) is 1.95. The average Bonchev–Trinajstić information content (AvgIpc) is 3.09. The molecule has 5 N–H and O–H groups in total. The molecule has 4 rings (SSSR count). The van der Waals surface area contributed by atoms with Gasteiger partial charge < -0.3 is 25.7 Å². The molecule has 3 aliphatic carbocycles. The Morgan fingerprint density at radius 2 is 1.56 bits per heavy atom. The third-order valence-corrected chi connectivity index (χ3v) is 11.7. The summed E-state index contributed by atoms with van der Waals surface area (Å²) in [6.45, 7) is 13.6. The van der Waals surface area contributed by atoms with E-state index in [1.165, 1.54) is 0 Å². The SMILES string of the molecule is CC(C)[C@H](C)[C@@H](O)[C@H](O)[C@@H](C)[C@H]1CC[C@H]2[C@@H]3CNC(=O)[C@H]4C[C@H](O)[C@H](O)C[C@]4(C)[C@H]3CC[C@]12C. The van der Waals surface area contributed by atoms with Crippen LogP contribution in [0, 0.1) is 58.2 Å². The molecule has 1 saturated heterocycles. The summed E-state index contributed by atoms with van der Waals surface area (Å²) in [7, 11) is 0. The highest BCUT2D eigenvalue weighted by Crippen LogP contribution is 2.65. The Bertz CT molecular complexity index is 759. The molecule has 6 nitrogen and oxygen atoms in total. The highest BCUT2D eigenvalue weighted by Gasteiger charge is 2.62. The monoisotopic (exact) mass is 479 g/mol. The van der Waals surface area contributed by atoms with Crippen LogP contribution in [0.1, 0.15) is 80.1 Å². The van der Waals surface area contributed by atoms with Crippen LogP contribution in [0.2, 0.25) is 0 Å². The van der Waals surface area contributed by atoms with E-state index in [1.807, 2.05) is 6.92 Å². The van der Waals surface area contributed by atoms with Gasteiger partial charge >= 0.3 is 0 Å². The van der Waals surface area contributed by atoms with Crippen molar-refractivity contribution >= 4 is 5.91 Å². The van der Waals surface area contributed by atoms with Crippen molar-refractivity contribution in [3.63, 3.8) is 0 Å². The van der Waals surface area contributed by atoms with Crippen molar-refractivity contribution in [2.75, 3.05) is 6.54 Å². The molecule has 1 aliphatic heterocycles. The first-order valence-electron chi connectivity index (χ1n) is 13.8. The number of aliphatic hydroxyl groups is 4. The summed E-state index contributed by atoms with van der Waals surface area (Å²) < 4.78 is 0. The second-order valence-electron chi connectivity index (χ2n) is 13.4. The summed E-state index contributed by atoms with van der Waals surface area (Å²) in [5.41, 5.74) is -0.243.